The summed E-state index contributed by atoms with van der Waals surface area (Å²) in [4.78, 5) is 12.3. The van der Waals surface area contributed by atoms with Gasteiger partial charge in [0.1, 0.15) is 0 Å². The first-order valence-electron chi connectivity index (χ1n) is 6.78. The molecule has 0 radical (unpaired) electrons. The molecule has 1 aromatic rings. The third-order valence-electron chi connectivity index (χ3n) is 3.98. The van der Waals surface area contributed by atoms with Gasteiger partial charge in [0, 0.05) is 16.1 Å². The Balaban J connectivity index is 2.18. The van der Waals surface area contributed by atoms with Gasteiger partial charge < -0.3 is 5.32 Å². The third-order valence-corrected chi connectivity index (χ3v) is 5.64. The van der Waals surface area contributed by atoms with E-state index in [2.05, 4.69) is 5.32 Å². The molecule has 0 atom stereocenters. The molecule has 1 fully saturated rings. The van der Waals surface area contributed by atoms with Crippen LogP contribution < -0.4 is 5.32 Å². The minimum absolute atomic E-state index is 0.0782. The second-order valence-corrected chi connectivity index (χ2v) is 8.63. The summed E-state index contributed by atoms with van der Waals surface area (Å²) < 4.78 is 22.5. The van der Waals surface area contributed by atoms with Crippen LogP contribution in [0.2, 0.25) is 5.02 Å². The van der Waals surface area contributed by atoms with Gasteiger partial charge in [-0.1, -0.05) is 37.8 Å². The molecule has 21 heavy (non-hydrogen) atoms. The molecule has 0 aliphatic heterocycles. The van der Waals surface area contributed by atoms with Crippen LogP contribution in [0.15, 0.2) is 23.1 Å². The molecule has 1 aliphatic rings. The predicted molar refractivity (Wildman–Crippen MR) is 84.3 cm³/mol. The maximum Gasteiger partial charge on any atom is 0.261 e. The van der Waals surface area contributed by atoms with Gasteiger partial charge in [-0.25, -0.2) is 8.42 Å². The third kappa shape index (κ3) is 3.90. The number of benzene rings is 1. The molecule has 0 unspecified atom stereocenters. The average molecular weight is 350 g/mol. The second kappa shape index (κ2) is 6.15. The monoisotopic (exact) mass is 349 g/mol. The number of hydrogen-bond donors (Lipinski definition) is 1. The Kier molecular flexibility index (Phi) is 4.85. The van der Waals surface area contributed by atoms with Gasteiger partial charge in [-0.05, 0) is 31.0 Å². The Hall–Kier alpha value is -0.780. The van der Waals surface area contributed by atoms with Gasteiger partial charge in [0.2, 0.25) is 5.91 Å². The fourth-order valence-electron chi connectivity index (χ4n) is 2.58. The highest BCUT2D eigenvalue weighted by Gasteiger charge is 2.34. The van der Waals surface area contributed by atoms with Crippen molar-refractivity contribution in [1.29, 1.82) is 0 Å². The number of rotatable bonds is 3. The fourth-order valence-corrected chi connectivity index (χ4v) is 3.65. The van der Waals surface area contributed by atoms with Crippen LogP contribution in [0.25, 0.3) is 0 Å². The van der Waals surface area contributed by atoms with Crippen molar-refractivity contribution in [1.82, 2.24) is 0 Å². The number of hydrogen-bond acceptors (Lipinski definition) is 3. The standard InChI is InChI=1S/C14H17Cl2NO3S/c1-14(7-3-2-4-8-14)13(18)17-12-6-5-10(9-11(12)15)21(16,19)20/h5-6,9H,2-4,7-8H2,1H3,(H,17,18). The zero-order valence-electron chi connectivity index (χ0n) is 11.7. The van der Waals surface area contributed by atoms with Crippen molar-refractivity contribution in [3.05, 3.63) is 23.2 Å². The van der Waals surface area contributed by atoms with E-state index in [1.807, 2.05) is 6.92 Å². The first-order chi connectivity index (χ1) is 9.72. The summed E-state index contributed by atoms with van der Waals surface area (Å²) in [5.41, 5.74) is 0.0104. The Morgan fingerprint density at radius 1 is 1.24 bits per heavy atom. The molecule has 0 aromatic heterocycles. The smallest absolute Gasteiger partial charge is 0.261 e. The van der Waals surface area contributed by atoms with Gasteiger partial charge in [0.05, 0.1) is 15.6 Å². The first-order valence-corrected chi connectivity index (χ1v) is 9.47. The zero-order valence-corrected chi connectivity index (χ0v) is 14.0. The molecular formula is C14H17Cl2NO3S. The molecule has 0 saturated heterocycles. The van der Waals surface area contributed by atoms with Crippen molar-refractivity contribution in [2.45, 2.75) is 43.9 Å². The summed E-state index contributed by atoms with van der Waals surface area (Å²) in [5.74, 6) is -0.0782. The summed E-state index contributed by atoms with van der Waals surface area (Å²) in [6.07, 6.45) is 4.95. The molecule has 1 amide bonds. The van der Waals surface area contributed by atoms with Gasteiger partial charge in [-0.2, -0.15) is 0 Å². The van der Waals surface area contributed by atoms with Gasteiger partial charge in [0.25, 0.3) is 9.05 Å². The number of amides is 1. The quantitative estimate of drug-likeness (QED) is 0.832. The van der Waals surface area contributed by atoms with Gasteiger partial charge in [-0.3, -0.25) is 4.79 Å². The number of anilines is 1. The molecule has 116 valence electrons. The SMILES string of the molecule is CC1(C(=O)Nc2ccc(S(=O)(=O)Cl)cc2Cl)CCCCC1. The number of halogens is 2. The minimum atomic E-state index is -3.83. The molecule has 1 aromatic carbocycles. The minimum Gasteiger partial charge on any atom is -0.324 e. The summed E-state index contributed by atoms with van der Waals surface area (Å²) in [6, 6.07) is 4.03. The molecule has 0 heterocycles. The van der Waals surface area contributed by atoms with Crippen molar-refractivity contribution in [3.8, 4) is 0 Å². The zero-order chi connectivity index (χ0) is 15.7. The maximum atomic E-state index is 12.4. The second-order valence-electron chi connectivity index (χ2n) is 5.65. The summed E-state index contributed by atoms with van der Waals surface area (Å²) in [6.45, 7) is 1.95. The molecule has 2 rings (SSSR count). The lowest BCUT2D eigenvalue weighted by molar-refractivity contribution is -0.126. The number of carbonyl (C=O) groups excluding carboxylic acids is 1. The Morgan fingerprint density at radius 3 is 2.38 bits per heavy atom. The normalized spacial score (nSPS) is 18.2. The van der Waals surface area contributed by atoms with Crippen LogP contribution in [0.5, 0.6) is 0 Å². The van der Waals surface area contributed by atoms with Crippen LogP contribution in [-0.2, 0) is 13.8 Å². The molecule has 0 bridgehead atoms. The van der Waals surface area contributed by atoms with E-state index in [0.29, 0.717) is 5.69 Å². The molecule has 1 N–H and O–H groups in total. The lowest BCUT2D eigenvalue weighted by Gasteiger charge is -2.32. The average Bonchev–Trinajstić information content (AvgIpc) is 2.40. The number of nitrogens with one attached hydrogen (secondary N) is 1. The highest BCUT2D eigenvalue weighted by Crippen LogP contribution is 2.37. The van der Waals surface area contributed by atoms with E-state index in [1.165, 1.54) is 18.2 Å². The molecule has 4 nitrogen and oxygen atoms in total. The van der Waals surface area contributed by atoms with E-state index in [9.17, 15) is 13.2 Å². The van der Waals surface area contributed by atoms with Crippen molar-refractivity contribution in [3.63, 3.8) is 0 Å². The highest BCUT2D eigenvalue weighted by atomic mass is 35.7. The Morgan fingerprint density at radius 2 is 1.86 bits per heavy atom. The Labute approximate surface area is 134 Å². The van der Waals surface area contributed by atoms with Crippen molar-refractivity contribution in [2.75, 3.05) is 5.32 Å². The lowest BCUT2D eigenvalue weighted by Crippen LogP contribution is -2.35. The van der Waals surface area contributed by atoms with Gasteiger partial charge >= 0.3 is 0 Å². The van der Waals surface area contributed by atoms with Crippen LogP contribution in [0.4, 0.5) is 5.69 Å². The van der Waals surface area contributed by atoms with E-state index in [4.69, 9.17) is 22.3 Å². The largest absolute Gasteiger partial charge is 0.324 e. The lowest BCUT2D eigenvalue weighted by atomic mass is 9.75. The maximum absolute atomic E-state index is 12.4. The molecule has 1 aliphatic carbocycles. The van der Waals surface area contributed by atoms with Crippen molar-refractivity contribution in [2.24, 2.45) is 5.41 Å². The van der Waals surface area contributed by atoms with Gasteiger partial charge in [0.15, 0.2) is 0 Å². The summed E-state index contributed by atoms with van der Waals surface area (Å²) in [5, 5.41) is 2.95. The van der Waals surface area contributed by atoms with Crippen molar-refractivity contribution >= 4 is 42.9 Å². The molecule has 7 heteroatoms. The summed E-state index contributed by atoms with van der Waals surface area (Å²) in [7, 11) is 1.43. The first kappa shape index (κ1) is 16.6. The van der Waals surface area contributed by atoms with Crippen LogP contribution in [0.3, 0.4) is 0 Å². The van der Waals surface area contributed by atoms with E-state index < -0.39 is 14.5 Å². The van der Waals surface area contributed by atoms with Crippen molar-refractivity contribution < 1.29 is 13.2 Å². The molecular weight excluding hydrogens is 333 g/mol. The molecule has 0 spiro atoms. The highest BCUT2D eigenvalue weighted by molar-refractivity contribution is 8.13. The number of carbonyl (C=O) groups is 1. The topological polar surface area (TPSA) is 63.2 Å². The Bertz CT molecular complexity index is 652. The fraction of sp³-hybridized carbons (Fsp3) is 0.500. The van der Waals surface area contributed by atoms with Crippen LogP contribution >= 0.6 is 22.3 Å². The predicted octanol–water partition coefficient (Wildman–Crippen LogP) is 4.18. The van der Waals surface area contributed by atoms with Crippen LogP contribution in [0.1, 0.15) is 39.0 Å². The molecule has 1 saturated carbocycles. The van der Waals surface area contributed by atoms with E-state index in [0.717, 1.165) is 32.1 Å². The van der Waals surface area contributed by atoms with E-state index >= 15 is 0 Å². The van der Waals surface area contributed by atoms with E-state index in [1.54, 1.807) is 0 Å². The summed E-state index contributed by atoms with van der Waals surface area (Å²) >= 11 is 6.03. The van der Waals surface area contributed by atoms with Crippen LogP contribution in [0, 0.1) is 5.41 Å². The van der Waals surface area contributed by atoms with E-state index in [-0.39, 0.29) is 15.8 Å². The van der Waals surface area contributed by atoms with Gasteiger partial charge in [-0.15, -0.1) is 0 Å². The van der Waals surface area contributed by atoms with Crippen LogP contribution in [-0.4, -0.2) is 14.3 Å².